The van der Waals surface area contributed by atoms with Gasteiger partial charge in [0.2, 0.25) is 5.91 Å². The summed E-state index contributed by atoms with van der Waals surface area (Å²) in [5, 5.41) is 5.09. The lowest BCUT2D eigenvalue weighted by Gasteiger charge is -2.15. The van der Waals surface area contributed by atoms with Crippen LogP contribution >= 0.6 is 11.3 Å². The molecule has 3 aromatic rings. The van der Waals surface area contributed by atoms with Crippen molar-refractivity contribution in [2.75, 3.05) is 0 Å². The lowest BCUT2D eigenvalue weighted by molar-refractivity contribution is -0.121. The highest BCUT2D eigenvalue weighted by molar-refractivity contribution is 7.09. The molecule has 0 saturated heterocycles. The molecule has 2 aromatic heterocycles. The molecule has 0 saturated carbocycles. The second kappa shape index (κ2) is 9.15. The molecule has 1 N–H and O–H groups in total. The van der Waals surface area contributed by atoms with Gasteiger partial charge >= 0.3 is 0 Å². The van der Waals surface area contributed by atoms with E-state index in [0.717, 1.165) is 23.4 Å². The Morgan fingerprint density at radius 3 is 2.88 bits per heavy atom. The maximum absolute atomic E-state index is 12.2. The highest BCUT2D eigenvalue weighted by Crippen LogP contribution is 2.20. The third kappa shape index (κ3) is 5.43. The van der Waals surface area contributed by atoms with Crippen LogP contribution in [0.1, 0.15) is 35.5 Å². The van der Waals surface area contributed by atoms with Crippen LogP contribution in [0, 0.1) is 0 Å². The van der Waals surface area contributed by atoms with Gasteiger partial charge in [0.1, 0.15) is 12.4 Å². The summed E-state index contributed by atoms with van der Waals surface area (Å²) in [4.78, 5) is 17.7. The van der Waals surface area contributed by atoms with Crippen molar-refractivity contribution in [3.63, 3.8) is 0 Å². The first-order valence-corrected chi connectivity index (χ1v) is 9.53. The van der Waals surface area contributed by atoms with E-state index in [1.165, 1.54) is 4.88 Å². The molecule has 1 aromatic carbocycles. The minimum atomic E-state index is -0.0655. The summed E-state index contributed by atoms with van der Waals surface area (Å²) < 4.78 is 5.81. The van der Waals surface area contributed by atoms with Crippen molar-refractivity contribution in [3.05, 3.63) is 82.3 Å². The number of ether oxygens (including phenoxy) is 1. The van der Waals surface area contributed by atoms with Crippen molar-refractivity contribution in [2.45, 2.75) is 32.4 Å². The smallest absolute Gasteiger partial charge is 0.220 e. The molecule has 0 aliphatic rings. The van der Waals surface area contributed by atoms with Crippen molar-refractivity contribution < 1.29 is 9.53 Å². The van der Waals surface area contributed by atoms with Crippen LogP contribution < -0.4 is 10.1 Å². The van der Waals surface area contributed by atoms with Crippen molar-refractivity contribution in [3.8, 4) is 5.75 Å². The average molecular weight is 366 g/mol. The Kier molecular flexibility index (Phi) is 6.39. The number of aryl methyl sites for hydroxylation is 1. The first-order chi connectivity index (χ1) is 12.7. The zero-order chi connectivity index (χ0) is 18.2. The van der Waals surface area contributed by atoms with Crippen LogP contribution in [0.5, 0.6) is 5.75 Å². The van der Waals surface area contributed by atoms with Gasteiger partial charge < -0.3 is 10.1 Å². The average Bonchev–Trinajstić information content (AvgIpc) is 3.19. The first kappa shape index (κ1) is 18.1. The molecule has 4 nitrogen and oxygen atoms in total. The molecule has 2 heterocycles. The Morgan fingerprint density at radius 2 is 2.12 bits per heavy atom. The number of benzene rings is 1. The molecular formula is C21H22N2O2S. The van der Waals surface area contributed by atoms with E-state index in [1.807, 2.05) is 60.8 Å². The monoisotopic (exact) mass is 366 g/mol. The molecule has 0 bridgehead atoms. The number of hydrogen-bond acceptors (Lipinski definition) is 4. The minimum absolute atomic E-state index is 0.0608. The number of aromatic nitrogens is 1. The van der Waals surface area contributed by atoms with E-state index < -0.39 is 0 Å². The van der Waals surface area contributed by atoms with Crippen LogP contribution in [0.4, 0.5) is 0 Å². The quantitative estimate of drug-likeness (QED) is 0.637. The molecule has 1 atom stereocenters. The molecule has 1 unspecified atom stereocenters. The van der Waals surface area contributed by atoms with Crippen LogP contribution in [0.2, 0.25) is 0 Å². The molecule has 0 radical (unpaired) electrons. The molecule has 134 valence electrons. The summed E-state index contributed by atoms with van der Waals surface area (Å²) in [5.41, 5.74) is 1.90. The number of carbonyl (C=O) groups is 1. The fourth-order valence-corrected chi connectivity index (χ4v) is 3.31. The lowest BCUT2D eigenvalue weighted by atomic mass is 10.1. The number of rotatable bonds is 8. The second-order valence-corrected chi connectivity index (χ2v) is 7.08. The molecule has 26 heavy (non-hydrogen) atoms. The Morgan fingerprint density at radius 1 is 1.19 bits per heavy atom. The van der Waals surface area contributed by atoms with Gasteiger partial charge in [-0.2, -0.15) is 0 Å². The van der Waals surface area contributed by atoms with Crippen LogP contribution in [-0.4, -0.2) is 10.9 Å². The summed E-state index contributed by atoms with van der Waals surface area (Å²) >= 11 is 1.68. The zero-order valence-electron chi connectivity index (χ0n) is 14.7. The van der Waals surface area contributed by atoms with Gasteiger partial charge in [-0.3, -0.25) is 9.78 Å². The number of pyridine rings is 1. The van der Waals surface area contributed by atoms with Gasteiger partial charge in [-0.15, -0.1) is 11.3 Å². The normalized spacial score (nSPS) is 11.7. The van der Waals surface area contributed by atoms with E-state index in [0.29, 0.717) is 13.0 Å². The zero-order valence-corrected chi connectivity index (χ0v) is 15.5. The molecule has 0 aliphatic carbocycles. The van der Waals surface area contributed by atoms with Crippen molar-refractivity contribution in [1.82, 2.24) is 10.3 Å². The van der Waals surface area contributed by atoms with Gasteiger partial charge in [-0.1, -0.05) is 24.3 Å². The van der Waals surface area contributed by atoms with Gasteiger partial charge in [-0.25, -0.2) is 0 Å². The van der Waals surface area contributed by atoms with Crippen molar-refractivity contribution >= 4 is 17.2 Å². The first-order valence-electron chi connectivity index (χ1n) is 8.65. The number of hydrogen-bond donors (Lipinski definition) is 1. The predicted octanol–water partition coefficient (Wildman–Crippen LogP) is 4.53. The third-order valence-corrected chi connectivity index (χ3v) is 4.96. The fraction of sp³-hybridized carbons (Fsp3) is 0.238. The lowest BCUT2D eigenvalue weighted by Crippen LogP contribution is -2.26. The Bertz CT molecular complexity index is 819. The molecule has 1 amide bonds. The van der Waals surface area contributed by atoms with Gasteiger partial charge in [0, 0.05) is 17.5 Å². The van der Waals surface area contributed by atoms with Gasteiger partial charge in [0.25, 0.3) is 0 Å². The minimum Gasteiger partial charge on any atom is -0.487 e. The standard InChI is InChI=1S/C21H22N2O2S/c1-16(23-21(24)11-10-20-9-5-13-26-20)17-6-4-8-19(14-17)25-15-18-7-2-3-12-22-18/h2-9,12-14,16H,10-11,15H2,1H3,(H,23,24). The highest BCUT2D eigenvalue weighted by atomic mass is 32.1. The summed E-state index contributed by atoms with van der Waals surface area (Å²) in [5.74, 6) is 0.832. The topological polar surface area (TPSA) is 51.2 Å². The molecular weight excluding hydrogens is 344 g/mol. The Balaban J connectivity index is 1.52. The number of carbonyl (C=O) groups excluding carboxylic acids is 1. The number of amides is 1. The second-order valence-electron chi connectivity index (χ2n) is 6.05. The molecule has 0 fully saturated rings. The molecule has 3 rings (SSSR count). The van der Waals surface area contributed by atoms with E-state index in [1.54, 1.807) is 17.5 Å². The molecule has 5 heteroatoms. The summed E-state index contributed by atoms with van der Waals surface area (Å²) in [6.07, 6.45) is 3.03. The number of nitrogens with zero attached hydrogens (tertiary/aromatic N) is 1. The maximum atomic E-state index is 12.2. The summed E-state index contributed by atoms with van der Waals surface area (Å²) in [6.45, 7) is 2.41. The highest BCUT2D eigenvalue weighted by Gasteiger charge is 2.11. The molecule has 0 spiro atoms. The number of thiophene rings is 1. The van der Waals surface area contributed by atoms with Crippen LogP contribution in [0.15, 0.2) is 66.2 Å². The van der Waals surface area contributed by atoms with Crippen LogP contribution in [0.25, 0.3) is 0 Å². The van der Waals surface area contributed by atoms with Crippen molar-refractivity contribution in [2.24, 2.45) is 0 Å². The van der Waals surface area contributed by atoms with E-state index in [4.69, 9.17) is 4.74 Å². The number of nitrogens with one attached hydrogen (secondary N) is 1. The predicted molar refractivity (Wildman–Crippen MR) is 104 cm³/mol. The van der Waals surface area contributed by atoms with E-state index in [2.05, 4.69) is 16.4 Å². The van der Waals surface area contributed by atoms with Crippen LogP contribution in [0.3, 0.4) is 0 Å². The van der Waals surface area contributed by atoms with Crippen molar-refractivity contribution in [1.29, 1.82) is 0 Å². The van der Waals surface area contributed by atoms with E-state index in [-0.39, 0.29) is 11.9 Å². The van der Waals surface area contributed by atoms with Crippen LogP contribution in [-0.2, 0) is 17.8 Å². The maximum Gasteiger partial charge on any atom is 0.220 e. The summed E-state index contributed by atoms with van der Waals surface area (Å²) in [7, 11) is 0. The SMILES string of the molecule is CC(NC(=O)CCc1cccs1)c1cccc(OCc2ccccn2)c1. The Hall–Kier alpha value is -2.66. The fourth-order valence-electron chi connectivity index (χ4n) is 2.60. The summed E-state index contributed by atoms with van der Waals surface area (Å²) in [6, 6.07) is 17.6. The van der Waals surface area contributed by atoms with Gasteiger partial charge in [0.05, 0.1) is 11.7 Å². The van der Waals surface area contributed by atoms with Gasteiger partial charge in [0.15, 0.2) is 0 Å². The van der Waals surface area contributed by atoms with E-state index in [9.17, 15) is 4.79 Å². The van der Waals surface area contributed by atoms with E-state index >= 15 is 0 Å². The third-order valence-electron chi connectivity index (χ3n) is 4.03. The molecule has 0 aliphatic heterocycles. The largest absolute Gasteiger partial charge is 0.487 e. The van der Waals surface area contributed by atoms with Gasteiger partial charge in [-0.05, 0) is 54.6 Å². The Labute approximate surface area is 157 Å².